The van der Waals surface area contributed by atoms with Gasteiger partial charge in [-0.2, -0.15) is 0 Å². The summed E-state index contributed by atoms with van der Waals surface area (Å²) in [4.78, 5) is 4.59. The summed E-state index contributed by atoms with van der Waals surface area (Å²) in [6, 6.07) is 6.41. The molecule has 0 bridgehead atoms. The van der Waals surface area contributed by atoms with Crippen molar-refractivity contribution < 1.29 is 4.39 Å². The van der Waals surface area contributed by atoms with Crippen LogP contribution in [0.2, 0.25) is 0 Å². The molecular formula is C13H16FN. The molecule has 1 nitrogen and oxygen atoms in total. The highest BCUT2D eigenvalue weighted by Gasteiger charge is 2.15. The van der Waals surface area contributed by atoms with Gasteiger partial charge in [0, 0.05) is 5.71 Å². The van der Waals surface area contributed by atoms with Gasteiger partial charge in [0.05, 0.1) is 5.69 Å². The zero-order valence-electron chi connectivity index (χ0n) is 9.04. The van der Waals surface area contributed by atoms with Gasteiger partial charge in [0.15, 0.2) is 0 Å². The Kier molecular flexibility index (Phi) is 3.14. The monoisotopic (exact) mass is 205 g/mol. The second-order valence-electron chi connectivity index (χ2n) is 4.23. The third-order valence-corrected chi connectivity index (χ3v) is 2.99. The first-order chi connectivity index (χ1) is 7.25. The Morgan fingerprint density at radius 1 is 1.20 bits per heavy atom. The summed E-state index contributed by atoms with van der Waals surface area (Å²) in [6.07, 6.45) is 4.88. The molecule has 1 aromatic carbocycles. The van der Waals surface area contributed by atoms with Gasteiger partial charge in [-0.15, -0.1) is 0 Å². The molecule has 1 saturated carbocycles. The van der Waals surface area contributed by atoms with E-state index in [0.29, 0.717) is 5.92 Å². The lowest BCUT2D eigenvalue weighted by Gasteiger charge is -2.20. The quantitative estimate of drug-likeness (QED) is 0.654. The molecule has 0 radical (unpaired) electrons. The van der Waals surface area contributed by atoms with Crippen LogP contribution in [0, 0.1) is 11.7 Å². The fourth-order valence-electron chi connectivity index (χ4n) is 2.02. The van der Waals surface area contributed by atoms with E-state index in [1.807, 2.05) is 0 Å². The summed E-state index contributed by atoms with van der Waals surface area (Å²) in [5.74, 6) is 0.388. The molecule has 1 aromatic rings. The van der Waals surface area contributed by atoms with Crippen LogP contribution in [0.3, 0.4) is 0 Å². The SMILES string of the molecule is CC1CCCC/C1=N\c1ccc(F)cc1. The van der Waals surface area contributed by atoms with Crippen molar-refractivity contribution in [3.63, 3.8) is 0 Å². The Bertz CT molecular complexity index is 353. The summed E-state index contributed by atoms with van der Waals surface area (Å²) in [5.41, 5.74) is 2.15. The van der Waals surface area contributed by atoms with Gasteiger partial charge in [0.25, 0.3) is 0 Å². The number of benzene rings is 1. The first kappa shape index (κ1) is 10.3. The number of halogens is 1. The number of aliphatic imine (C=N–C) groups is 1. The maximum atomic E-state index is 12.7. The topological polar surface area (TPSA) is 12.4 Å². The molecule has 1 aliphatic rings. The summed E-state index contributed by atoms with van der Waals surface area (Å²) in [5, 5.41) is 0. The molecule has 0 spiro atoms. The van der Waals surface area contributed by atoms with E-state index in [0.717, 1.165) is 12.1 Å². The van der Waals surface area contributed by atoms with Crippen LogP contribution in [-0.4, -0.2) is 5.71 Å². The van der Waals surface area contributed by atoms with Gasteiger partial charge in [-0.25, -0.2) is 4.39 Å². The van der Waals surface area contributed by atoms with Gasteiger partial charge in [-0.3, -0.25) is 4.99 Å². The van der Waals surface area contributed by atoms with E-state index in [1.54, 1.807) is 12.1 Å². The van der Waals surface area contributed by atoms with E-state index in [4.69, 9.17) is 0 Å². The molecule has 0 N–H and O–H groups in total. The third kappa shape index (κ3) is 2.65. The highest BCUT2D eigenvalue weighted by molar-refractivity contribution is 5.89. The lowest BCUT2D eigenvalue weighted by Crippen LogP contribution is -2.15. The molecular weight excluding hydrogens is 189 g/mol. The summed E-state index contributed by atoms with van der Waals surface area (Å²) < 4.78 is 12.7. The first-order valence-corrected chi connectivity index (χ1v) is 5.59. The largest absolute Gasteiger partial charge is 0.258 e. The smallest absolute Gasteiger partial charge is 0.123 e. The van der Waals surface area contributed by atoms with Crippen LogP contribution in [0.4, 0.5) is 10.1 Å². The van der Waals surface area contributed by atoms with Crippen LogP contribution in [0.25, 0.3) is 0 Å². The molecule has 80 valence electrons. The maximum absolute atomic E-state index is 12.7. The zero-order valence-corrected chi connectivity index (χ0v) is 9.04. The Balaban J connectivity index is 2.17. The summed E-state index contributed by atoms with van der Waals surface area (Å²) >= 11 is 0. The van der Waals surface area contributed by atoms with E-state index in [1.165, 1.54) is 37.1 Å². The van der Waals surface area contributed by atoms with Crippen LogP contribution in [0.15, 0.2) is 29.3 Å². The predicted molar refractivity (Wildman–Crippen MR) is 61.1 cm³/mol. The zero-order chi connectivity index (χ0) is 10.7. The van der Waals surface area contributed by atoms with Gasteiger partial charge in [-0.1, -0.05) is 13.3 Å². The van der Waals surface area contributed by atoms with Crippen molar-refractivity contribution in [2.24, 2.45) is 10.9 Å². The maximum Gasteiger partial charge on any atom is 0.123 e. The normalized spacial score (nSPS) is 24.4. The Labute approximate surface area is 90.0 Å². The van der Waals surface area contributed by atoms with Crippen molar-refractivity contribution in [3.8, 4) is 0 Å². The number of rotatable bonds is 1. The lowest BCUT2D eigenvalue weighted by molar-refractivity contribution is 0.560. The van der Waals surface area contributed by atoms with Crippen LogP contribution in [0.1, 0.15) is 32.6 Å². The molecule has 2 heteroatoms. The molecule has 0 aromatic heterocycles. The standard InChI is InChI=1S/C13H16FN/c1-10-4-2-3-5-13(10)15-12-8-6-11(14)7-9-12/h6-10H,2-5H2,1H3/b15-13+. The first-order valence-electron chi connectivity index (χ1n) is 5.59. The Hall–Kier alpha value is -1.18. The Morgan fingerprint density at radius 3 is 2.60 bits per heavy atom. The van der Waals surface area contributed by atoms with Crippen molar-refractivity contribution in [3.05, 3.63) is 30.1 Å². The molecule has 15 heavy (non-hydrogen) atoms. The second-order valence-corrected chi connectivity index (χ2v) is 4.23. The van der Waals surface area contributed by atoms with Gasteiger partial charge >= 0.3 is 0 Å². The van der Waals surface area contributed by atoms with E-state index < -0.39 is 0 Å². The average Bonchev–Trinajstić information content (AvgIpc) is 2.25. The van der Waals surface area contributed by atoms with Crippen molar-refractivity contribution in [2.45, 2.75) is 32.6 Å². The molecule has 1 unspecified atom stereocenters. The minimum atomic E-state index is -0.198. The van der Waals surface area contributed by atoms with Crippen molar-refractivity contribution >= 4 is 11.4 Å². The van der Waals surface area contributed by atoms with Crippen LogP contribution < -0.4 is 0 Å². The van der Waals surface area contributed by atoms with E-state index in [-0.39, 0.29) is 5.82 Å². The molecule has 0 aliphatic heterocycles. The van der Waals surface area contributed by atoms with Crippen LogP contribution in [-0.2, 0) is 0 Å². The molecule has 1 aliphatic carbocycles. The van der Waals surface area contributed by atoms with Gasteiger partial charge in [-0.05, 0) is 49.4 Å². The predicted octanol–water partition coefficient (Wildman–Crippen LogP) is 4.11. The highest BCUT2D eigenvalue weighted by Crippen LogP contribution is 2.24. The van der Waals surface area contributed by atoms with Crippen molar-refractivity contribution in [1.82, 2.24) is 0 Å². The fourth-order valence-corrected chi connectivity index (χ4v) is 2.02. The van der Waals surface area contributed by atoms with Gasteiger partial charge < -0.3 is 0 Å². The summed E-state index contributed by atoms with van der Waals surface area (Å²) in [7, 11) is 0. The molecule has 1 atom stereocenters. The van der Waals surface area contributed by atoms with Gasteiger partial charge in [0.2, 0.25) is 0 Å². The number of hydrogen-bond donors (Lipinski definition) is 0. The summed E-state index contributed by atoms with van der Waals surface area (Å²) in [6.45, 7) is 2.22. The molecule has 0 saturated heterocycles. The fraction of sp³-hybridized carbons (Fsp3) is 0.462. The second kappa shape index (κ2) is 4.56. The van der Waals surface area contributed by atoms with Crippen molar-refractivity contribution in [2.75, 3.05) is 0 Å². The molecule has 0 amide bonds. The molecule has 1 fully saturated rings. The van der Waals surface area contributed by atoms with Crippen LogP contribution in [0.5, 0.6) is 0 Å². The minimum absolute atomic E-state index is 0.198. The lowest BCUT2D eigenvalue weighted by atomic mass is 9.89. The van der Waals surface area contributed by atoms with Crippen LogP contribution >= 0.6 is 0 Å². The average molecular weight is 205 g/mol. The molecule has 0 heterocycles. The van der Waals surface area contributed by atoms with E-state index in [2.05, 4.69) is 11.9 Å². The van der Waals surface area contributed by atoms with E-state index >= 15 is 0 Å². The van der Waals surface area contributed by atoms with Gasteiger partial charge in [0.1, 0.15) is 5.82 Å². The number of hydrogen-bond acceptors (Lipinski definition) is 1. The van der Waals surface area contributed by atoms with E-state index in [9.17, 15) is 4.39 Å². The minimum Gasteiger partial charge on any atom is -0.258 e. The third-order valence-electron chi connectivity index (χ3n) is 2.99. The van der Waals surface area contributed by atoms with Crippen molar-refractivity contribution in [1.29, 1.82) is 0 Å². The molecule has 2 rings (SSSR count). The Morgan fingerprint density at radius 2 is 1.93 bits per heavy atom. The number of nitrogens with zero attached hydrogens (tertiary/aromatic N) is 1. The highest BCUT2D eigenvalue weighted by atomic mass is 19.1.